The van der Waals surface area contributed by atoms with Crippen molar-refractivity contribution in [1.82, 2.24) is 5.32 Å². The van der Waals surface area contributed by atoms with E-state index in [1.165, 1.54) is 35.5 Å². The van der Waals surface area contributed by atoms with Gasteiger partial charge in [0, 0.05) is 26.1 Å². The molecular weight excluding hydrogens is 582 g/mol. The number of aromatic hydroxyl groups is 1. The van der Waals surface area contributed by atoms with Gasteiger partial charge in [0.1, 0.15) is 22.0 Å². The number of hydrogen-bond acceptors (Lipinski definition) is 9. The molecule has 0 atom stereocenters. The van der Waals surface area contributed by atoms with Gasteiger partial charge in [0.2, 0.25) is 5.91 Å². The molecule has 14 heteroatoms. The monoisotopic (exact) mass is 611 g/mol. The normalized spacial score (nSPS) is 12.1. The van der Waals surface area contributed by atoms with Crippen molar-refractivity contribution in [3.63, 3.8) is 0 Å². The standard InChI is InChI=1S/C28H29N5O7S2/c1-3-33(21-11-8-19(9-12-21)14-15-30-18(2)34)41(36,37)26-7-5-4-6-24(26)31-32-28-23(29)13-10-20-16-22(42(38,39)40)17-25(35)27(20)28/h4-13,16-17,35H,3,14-15,29H2,1-2H3,(H,30,34)(H,38,39,40). The number of fused-ring (bicyclic) bond motifs is 1. The highest BCUT2D eigenvalue weighted by Gasteiger charge is 2.27. The summed E-state index contributed by atoms with van der Waals surface area (Å²) in [4.78, 5) is 10.5. The molecule has 0 saturated carbocycles. The highest BCUT2D eigenvalue weighted by atomic mass is 32.2. The predicted molar refractivity (Wildman–Crippen MR) is 159 cm³/mol. The van der Waals surface area contributed by atoms with E-state index in [4.69, 9.17) is 5.73 Å². The molecule has 0 fully saturated rings. The van der Waals surface area contributed by atoms with Gasteiger partial charge in [-0.3, -0.25) is 13.7 Å². The van der Waals surface area contributed by atoms with Gasteiger partial charge in [-0.15, -0.1) is 10.2 Å². The molecule has 0 bridgehead atoms. The van der Waals surface area contributed by atoms with Gasteiger partial charge in [0.25, 0.3) is 20.1 Å². The number of phenolic OH excluding ortho intramolecular Hbond substituents is 1. The number of carbonyl (C=O) groups is 1. The van der Waals surface area contributed by atoms with Crippen LogP contribution in [-0.2, 0) is 31.4 Å². The summed E-state index contributed by atoms with van der Waals surface area (Å²) < 4.78 is 61.4. The lowest BCUT2D eigenvalue weighted by molar-refractivity contribution is -0.118. The molecule has 0 aliphatic carbocycles. The molecule has 0 aromatic heterocycles. The Morgan fingerprint density at radius 3 is 2.31 bits per heavy atom. The van der Waals surface area contributed by atoms with Gasteiger partial charge in [0.05, 0.1) is 21.7 Å². The lowest BCUT2D eigenvalue weighted by atomic mass is 10.1. The van der Waals surface area contributed by atoms with Gasteiger partial charge in [0.15, 0.2) is 0 Å². The number of benzene rings is 4. The molecule has 4 aromatic rings. The van der Waals surface area contributed by atoms with Gasteiger partial charge in [-0.1, -0.05) is 30.3 Å². The summed E-state index contributed by atoms with van der Waals surface area (Å²) >= 11 is 0. The van der Waals surface area contributed by atoms with Crippen molar-refractivity contribution < 1.29 is 31.3 Å². The molecule has 0 saturated heterocycles. The Morgan fingerprint density at radius 2 is 1.67 bits per heavy atom. The van der Waals surface area contributed by atoms with Crippen molar-refractivity contribution in [3.05, 3.63) is 78.4 Å². The Labute approximate surface area is 243 Å². The second kappa shape index (κ2) is 12.1. The minimum absolute atomic E-state index is 0.00771. The summed E-state index contributed by atoms with van der Waals surface area (Å²) in [7, 11) is -8.71. The number of amides is 1. The maximum atomic E-state index is 13.8. The molecular formula is C28H29N5O7S2. The van der Waals surface area contributed by atoms with E-state index >= 15 is 0 Å². The molecule has 0 unspecified atom stereocenters. The first-order valence-electron chi connectivity index (χ1n) is 12.7. The Balaban J connectivity index is 1.71. The van der Waals surface area contributed by atoms with E-state index in [1.54, 1.807) is 43.3 Å². The fraction of sp³-hybridized carbons (Fsp3) is 0.179. The fourth-order valence-corrected chi connectivity index (χ4v) is 6.49. The third-order valence-electron chi connectivity index (χ3n) is 6.36. The molecule has 4 rings (SSSR count). The van der Waals surface area contributed by atoms with Crippen LogP contribution >= 0.6 is 0 Å². The number of anilines is 2. The van der Waals surface area contributed by atoms with E-state index in [2.05, 4.69) is 15.5 Å². The van der Waals surface area contributed by atoms with E-state index in [0.717, 1.165) is 17.7 Å². The van der Waals surface area contributed by atoms with Crippen LogP contribution in [0.5, 0.6) is 5.75 Å². The van der Waals surface area contributed by atoms with Crippen LogP contribution in [0.1, 0.15) is 19.4 Å². The Bertz CT molecular complexity index is 1890. The van der Waals surface area contributed by atoms with Crippen molar-refractivity contribution in [3.8, 4) is 5.75 Å². The third kappa shape index (κ3) is 6.51. The first-order chi connectivity index (χ1) is 19.8. The molecule has 1 amide bonds. The summed E-state index contributed by atoms with van der Waals surface area (Å²) in [5.41, 5.74) is 7.54. The van der Waals surface area contributed by atoms with Gasteiger partial charge >= 0.3 is 0 Å². The number of sulfonamides is 1. The van der Waals surface area contributed by atoms with Gasteiger partial charge in [-0.25, -0.2) is 8.42 Å². The predicted octanol–water partition coefficient (Wildman–Crippen LogP) is 4.68. The molecule has 0 heterocycles. The smallest absolute Gasteiger partial charge is 0.294 e. The van der Waals surface area contributed by atoms with Crippen LogP contribution in [0.15, 0.2) is 92.8 Å². The summed E-state index contributed by atoms with van der Waals surface area (Å²) in [5.74, 6) is -0.642. The molecule has 4 aromatic carbocycles. The number of phenols is 1. The van der Waals surface area contributed by atoms with Crippen LogP contribution < -0.4 is 15.4 Å². The van der Waals surface area contributed by atoms with Gasteiger partial charge < -0.3 is 16.2 Å². The average Bonchev–Trinajstić information content (AvgIpc) is 2.93. The molecule has 12 nitrogen and oxygen atoms in total. The van der Waals surface area contributed by atoms with Crippen LogP contribution in [-0.4, -0.2) is 45.5 Å². The van der Waals surface area contributed by atoms with E-state index in [-0.39, 0.29) is 45.2 Å². The Morgan fingerprint density at radius 1 is 0.976 bits per heavy atom. The highest BCUT2D eigenvalue weighted by Crippen LogP contribution is 2.41. The molecule has 42 heavy (non-hydrogen) atoms. The number of azo groups is 1. The molecule has 0 radical (unpaired) electrons. The zero-order valence-electron chi connectivity index (χ0n) is 22.7. The van der Waals surface area contributed by atoms with E-state index in [1.807, 2.05) is 0 Å². The fourth-order valence-electron chi connectivity index (χ4n) is 4.35. The Kier molecular flexibility index (Phi) is 8.80. The van der Waals surface area contributed by atoms with E-state index in [9.17, 15) is 31.3 Å². The molecule has 0 aliphatic rings. The van der Waals surface area contributed by atoms with Gasteiger partial charge in [-0.2, -0.15) is 8.42 Å². The second-order valence-electron chi connectivity index (χ2n) is 9.26. The summed E-state index contributed by atoms with van der Waals surface area (Å²) in [6.45, 7) is 3.73. The van der Waals surface area contributed by atoms with Crippen LogP contribution in [0.2, 0.25) is 0 Å². The number of hydrogen-bond donors (Lipinski definition) is 4. The third-order valence-corrected chi connectivity index (χ3v) is 9.14. The summed E-state index contributed by atoms with van der Waals surface area (Å²) in [5, 5.41) is 21.9. The summed E-state index contributed by atoms with van der Waals surface area (Å²) in [6.07, 6.45) is 0.589. The second-order valence-corrected chi connectivity index (χ2v) is 12.5. The van der Waals surface area contributed by atoms with Gasteiger partial charge in [-0.05, 0) is 60.7 Å². The van der Waals surface area contributed by atoms with Crippen LogP contribution in [0.4, 0.5) is 22.7 Å². The maximum Gasteiger partial charge on any atom is 0.294 e. The maximum absolute atomic E-state index is 13.8. The number of rotatable bonds is 10. The van der Waals surface area contributed by atoms with E-state index < -0.39 is 30.8 Å². The minimum Gasteiger partial charge on any atom is -0.507 e. The topological polar surface area (TPSA) is 192 Å². The number of nitrogens with zero attached hydrogens (tertiary/aromatic N) is 3. The van der Waals surface area contributed by atoms with Crippen molar-refractivity contribution in [2.24, 2.45) is 10.2 Å². The molecule has 220 valence electrons. The zero-order chi connectivity index (χ0) is 30.7. The number of nitrogens with one attached hydrogen (secondary N) is 1. The zero-order valence-corrected chi connectivity index (χ0v) is 24.4. The van der Waals surface area contributed by atoms with Crippen molar-refractivity contribution >= 4 is 59.6 Å². The first kappa shape index (κ1) is 30.4. The van der Waals surface area contributed by atoms with Crippen molar-refractivity contribution in [2.75, 3.05) is 23.1 Å². The SMILES string of the molecule is CCN(c1ccc(CCNC(C)=O)cc1)S(=O)(=O)c1ccccc1N=Nc1c(N)ccc2cc(S(=O)(=O)O)cc(O)c12. The van der Waals surface area contributed by atoms with Crippen LogP contribution in [0, 0.1) is 0 Å². The molecule has 0 aliphatic heterocycles. The number of nitrogens with two attached hydrogens (primary N) is 1. The van der Waals surface area contributed by atoms with E-state index in [0.29, 0.717) is 18.7 Å². The lowest BCUT2D eigenvalue weighted by Gasteiger charge is -2.23. The van der Waals surface area contributed by atoms with Crippen LogP contribution in [0.25, 0.3) is 10.8 Å². The quantitative estimate of drug-likeness (QED) is 0.113. The van der Waals surface area contributed by atoms with Crippen molar-refractivity contribution in [1.29, 1.82) is 0 Å². The highest BCUT2D eigenvalue weighted by molar-refractivity contribution is 7.93. The summed E-state index contributed by atoms with van der Waals surface area (Å²) in [6, 6.07) is 17.9. The Hall–Kier alpha value is -4.53. The van der Waals surface area contributed by atoms with Crippen molar-refractivity contribution in [2.45, 2.75) is 30.1 Å². The molecule has 0 spiro atoms. The lowest BCUT2D eigenvalue weighted by Crippen LogP contribution is -2.30. The largest absolute Gasteiger partial charge is 0.507 e. The number of carbonyl (C=O) groups excluding carboxylic acids is 1. The number of nitrogen functional groups attached to an aromatic ring is 1. The average molecular weight is 612 g/mol. The minimum atomic E-state index is -4.59. The first-order valence-corrected chi connectivity index (χ1v) is 15.6. The molecule has 5 N–H and O–H groups in total. The van der Waals surface area contributed by atoms with Crippen LogP contribution in [0.3, 0.4) is 0 Å².